The van der Waals surface area contributed by atoms with Gasteiger partial charge in [-0.3, -0.25) is 5.10 Å². The van der Waals surface area contributed by atoms with Gasteiger partial charge in [0.15, 0.2) is 5.03 Å². The SMILES string of the molecule is C[N+](C)([O-])CCCOc1ccc2n[nH]c(S(=O)(=O)c3cccc4ccccc34)c2c1. The maximum absolute atomic E-state index is 13.5. The molecule has 1 N–H and O–H groups in total. The highest BCUT2D eigenvalue weighted by molar-refractivity contribution is 7.91. The molecule has 0 radical (unpaired) electrons. The molecule has 156 valence electrons. The number of nitrogens with zero attached hydrogens (tertiary/aromatic N) is 2. The average Bonchev–Trinajstić information content (AvgIpc) is 3.14. The number of ether oxygens (including phenoxy) is 1. The second kappa shape index (κ2) is 7.71. The third kappa shape index (κ3) is 4.02. The van der Waals surface area contributed by atoms with E-state index < -0.39 is 9.84 Å². The number of aromatic amines is 1. The Morgan fingerprint density at radius 3 is 2.60 bits per heavy atom. The first-order valence-electron chi connectivity index (χ1n) is 9.63. The van der Waals surface area contributed by atoms with Crippen LogP contribution in [-0.4, -0.2) is 50.5 Å². The first-order chi connectivity index (χ1) is 14.3. The van der Waals surface area contributed by atoms with Crippen molar-refractivity contribution in [2.75, 3.05) is 27.2 Å². The molecule has 0 aliphatic heterocycles. The van der Waals surface area contributed by atoms with Gasteiger partial charge in [0, 0.05) is 17.2 Å². The summed E-state index contributed by atoms with van der Waals surface area (Å²) >= 11 is 0. The van der Waals surface area contributed by atoms with Crippen LogP contribution in [-0.2, 0) is 9.84 Å². The van der Waals surface area contributed by atoms with E-state index in [4.69, 9.17) is 4.74 Å². The normalized spacial score (nSPS) is 12.5. The summed E-state index contributed by atoms with van der Waals surface area (Å²) < 4.78 is 32.3. The summed E-state index contributed by atoms with van der Waals surface area (Å²) in [4.78, 5) is 0.230. The molecule has 4 aromatic rings. The van der Waals surface area contributed by atoms with Crippen molar-refractivity contribution in [3.63, 3.8) is 0 Å². The average molecular weight is 426 g/mol. The zero-order chi connectivity index (χ0) is 21.4. The Kier molecular flexibility index (Phi) is 5.23. The fraction of sp³-hybridized carbons (Fsp3) is 0.227. The lowest BCUT2D eigenvalue weighted by Crippen LogP contribution is -2.33. The fourth-order valence-corrected chi connectivity index (χ4v) is 5.01. The van der Waals surface area contributed by atoms with Crippen molar-refractivity contribution in [3.8, 4) is 5.75 Å². The predicted octanol–water partition coefficient (Wildman–Crippen LogP) is 3.89. The van der Waals surface area contributed by atoms with Crippen LogP contribution in [0, 0.1) is 5.21 Å². The Hall–Kier alpha value is -2.94. The predicted molar refractivity (Wildman–Crippen MR) is 116 cm³/mol. The first-order valence-corrected chi connectivity index (χ1v) is 11.1. The molecule has 1 heterocycles. The van der Waals surface area contributed by atoms with Gasteiger partial charge >= 0.3 is 0 Å². The van der Waals surface area contributed by atoms with Gasteiger partial charge in [-0.2, -0.15) is 5.10 Å². The molecule has 0 saturated carbocycles. The fourth-order valence-electron chi connectivity index (χ4n) is 3.44. The molecule has 0 fully saturated rings. The van der Waals surface area contributed by atoms with E-state index in [2.05, 4.69) is 10.2 Å². The van der Waals surface area contributed by atoms with Gasteiger partial charge in [-0.05, 0) is 29.7 Å². The van der Waals surface area contributed by atoms with Gasteiger partial charge in [0.2, 0.25) is 9.84 Å². The lowest BCUT2D eigenvalue weighted by Gasteiger charge is -2.33. The topological polar surface area (TPSA) is 95.1 Å². The van der Waals surface area contributed by atoms with Crippen LogP contribution in [0.4, 0.5) is 0 Å². The van der Waals surface area contributed by atoms with Crippen LogP contribution in [0.3, 0.4) is 0 Å². The minimum Gasteiger partial charge on any atom is -0.633 e. The molecule has 0 spiro atoms. The zero-order valence-electron chi connectivity index (χ0n) is 16.8. The molecule has 0 saturated heterocycles. The van der Waals surface area contributed by atoms with Gasteiger partial charge in [0.1, 0.15) is 5.75 Å². The van der Waals surface area contributed by atoms with Crippen LogP contribution >= 0.6 is 0 Å². The van der Waals surface area contributed by atoms with Crippen molar-refractivity contribution in [3.05, 3.63) is 65.9 Å². The Bertz CT molecular complexity index is 1300. The van der Waals surface area contributed by atoms with Crippen LogP contribution in [0.5, 0.6) is 5.75 Å². The van der Waals surface area contributed by atoms with Crippen molar-refractivity contribution < 1.29 is 17.8 Å². The van der Waals surface area contributed by atoms with Crippen molar-refractivity contribution in [1.82, 2.24) is 10.2 Å². The van der Waals surface area contributed by atoms with Crippen LogP contribution in [0.1, 0.15) is 6.42 Å². The van der Waals surface area contributed by atoms with E-state index in [1.165, 1.54) is 0 Å². The number of quaternary nitrogens is 1. The van der Waals surface area contributed by atoms with Gasteiger partial charge in [0.05, 0.1) is 37.7 Å². The van der Waals surface area contributed by atoms with E-state index >= 15 is 0 Å². The second-order valence-corrected chi connectivity index (χ2v) is 9.57. The van der Waals surface area contributed by atoms with Crippen LogP contribution in [0.25, 0.3) is 21.7 Å². The summed E-state index contributed by atoms with van der Waals surface area (Å²) in [6, 6.07) is 17.7. The molecule has 0 unspecified atom stereocenters. The monoisotopic (exact) mass is 425 g/mol. The maximum atomic E-state index is 13.5. The second-order valence-electron chi connectivity index (χ2n) is 7.71. The quantitative estimate of drug-likeness (QED) is 0.275. The molecule has 7 nitrogen and oxygen atoms in total. The van der Waals surface area contributed by atoms with Gasteiger partial charge in [-0.25, -0.2) is 8.42 Å². The lowest BCUT2D eigenvalue weighted by atomic mass is 10.1. The van der Waals surface area contributed by atoms with Crippen LogP contribution in [0.15, 0.2) is 70.6 Å². The summed E-state index contributed by atoms with van der Waals surface area (Å²) in [6.07, 6.45) is 0.598. The molecular formula is C22H23N3O4S. The summed E-state index contributed by atoms with van der Waals surface area (Å²) in [7, 11) is -0.657. The van der Waals surface area contributed by atoms with Crippen molar-refractivity contribution in [1.29, 1.82) is 0 Å². The Morgan fingerprint density at radius 1 is 1.03 bits per heavy atom. The number of benzene rings is 3. The van der Waals surface area contributed by atoms with Crippen molar-refractivity contribution in [2.24, 2.45) is 0 Å². The standard InChI is InChI=1S/C22H23N3O4S/c1-25(2,26)13-6-14-29-17-11-12-20-19(15-17)22(24-23-20)30(27,28)21-10-5-8-16-7-3-4-9-18(16)21/h3-5,7-12,15H,6,13-14H2,1-2H3,(H,23,24). The zero-order valence-corrected chi connectivity index (χ0v) is 17.6. The van der Waals surface area contributed by atoms with Crippen LogP contribution < -0.4 is 4.74 Å². The number of hydrogen-bond acceptors (Lipinski definition) is 5. The minimum absolute atomic E-state index is 0.0386. The summed E-state index contributed by atoms with van der Waals surface area (Å²) in [5.74, 6) is 0.537. The molecule has 0 atom stereocenters. The largest absolute Gasteiger partial charge is 0.633 e. The third-order valence-electron chi connectivity index (χ3n) is 4.91. The maximum Gasteiger partial charge on any atom is 0.224 e. The van der Waals surface area contributed by atoms with E-state index in [1.807, 2.05) is 24.3 Å². The van der Waals surface area contributed by atoms with E-state index in [9.17, 15) is 13.6 Å². The molecule has 1 aromatic heterocycles. The Morgan fingerprint density at radius 2 is 1.80 bits per heavy atom. The number of rotatable bonds is 7. The summed E-state index contributed by atoms with van der Waals surface area (Å²) in [5, 5.41) is 20.5. The van der Waals surface area contributed by atoms with E-state index in [0.717, 1.165) is 5.39 Å². The molecule has 0 bridgehead atoms. The van der Waals surface area contributed by atoms with E-state index in [1.54, 1.807) is 50.5 Å². The molecule has 0 aliphatic rings. The first kappa shape index (κ1) is 20.3. The third-order valence-corrected chi connectivity index (χ3v) is 6.69. The smallest absolute Gasteiger partial charge is 0.224 e. The highest BCUT2D eigenvalue weighted by Gasteiger charge is 2.25. The van der Waals surface area contributed by atoms with Gasteiger partial charge < -0.3 is 14.6 Å². The van der Waals surface area contributed by atoms with Gasteiger partial charge in [-0.15, -0.1) is 0 Å². The minimum atomic E-state index is -3.83. The van der Waals surface area contributed by atoms with Crippen molar-refractivity contribution >= 4 is 31.5 Å². The number of H-pyrrole nitrogens is 1. The number of hydrogen-bond donors (Lipinski definition) is 1. The lowest BCUT2D eigenvalue weighted by molar-refractivity contribution is -0.840. The molecule has 30 heavy (non-hydrogen) atoms. The molecule has 4 rings (SSSR count). The number of sulfone groups is 1. The highest BCUT2D eigenvalue weighted by Crippen LogP contribution is 2.32. The molecule has 8 heteroatoms. The summed E-state index contributed by atoms with van der Waals surface area (Å²) in [5.41, 5.74) is 0.540. The molecular weight excluding hydrogens is 402 g/mol. The Labute approximate surface area is 175 Å². The van der Waals surface area contributed by atoms with E-state index in [-0.39, 0.29) is 14.6 Å². The number of aromatic nitrogens is 2. The van der Waals surface area contributed by atoms with Crippen LogP contribution in [0.2, 0.25) is 0 Å². The molecule has 0 aliphatic carbocycles. The Balaban J connectivity index is 1.68. The number of hydroxylamine groups is 3. The summed E-state index contributed by atoms with van der Waals surface area (Å²) in [6.45, 7) is 0.813. The molecule has 0 amide bonds. The van der Waals surface area contributed by atoms with E-state index in [0.29, 0.717) is 41.6 Å². The van der Waals surface area contributed by atoms with Crippen molar-refractivity contribution in [2.45, 2.75) is 16.3 Å². The molecule has 3 aromatic carbocycles. The van der Waals surface area contributed by atoms with Gasteiger partial charge in [0.25, 0.3) is 0 Å². The number of nitrogens with one attached hydrogen (secondary N) is 1. The highest BCUT2D eigenvalue weighted by atomic mass is 32.2. The number of fused-ring (bicyclic) bond motifs is 2. The van der Waals surface area contributed by atoms with Gasteiger partial charge in [-0.1, -0.05) is 36.4 Å².